The van der Waals surface area contributed by atoms with Crippen molar-refractivity contribution in [1.29, 1.82) is 0 Å². The lowest BCUT2D eigenvalue weighted by molar-refractivity contribution is 0.102. The third-order valence-electron chi connectivity index (χ3n) is 3.56. The predicted octanol–water partition coefficient (Wildman–Crippen LogP) is 3.33. The lowest BCUT2D eigenvalue weighted by atomic mass is 10.1. The Hall–Kier alpha value is -2.38. The number of carbonyl (C=O) groups is 1. The highest BCUT2D eigenvalue weighted by Gasteiger charge is 2.23. The summed E-state index contributed by atoms with van der Waals surface area (Å²) in [5.41, 5.74) is 0.851. The highest BCUT2D eigenvalue weighted by atomic mass is 32.2. The number of sulfonamides is 1. The number of amides is 1. The summed E-state index contributed by atoms with van der Waals surface area (Å²) in [5, 5.41) is 2.77. The Morgan fingerprint density at radius 3 is 2.35 bits per heavy atom. The lowest BCUT2D eigenvalue weighted by Crippen LogP contribution is -2.40. The Kier molecular flexibility index (Phi) is 5.73. The van der Waals surface area contributed by atoms with Crippen LogP contribution in [0.4, 0.5) is 5.69 Å². The third-order valence-corrected chi connectivity index (χ3v) is 5.32. The molecule has 0 aliphatic heterocycles. The Balaban J connectivity index is 2.36. The average Bonchev–Trinajstić information content (AvgIpc) is 2.53. The van der Waals surface area contributed by atoms with Gasteiger partial charge in [0.05, 0.1) is 17.7 Å². The van der Waals surface area contributed by atoms with Crippen LogP contribution in [0.5, 0.6) is 5.75 Å². The number of carbonyl (C=O) groups excluding carboxylic acids is 1. The van der Waals surface area contributed by atoms with Gasteiger partial charge >= 0.3 is 0 Å². The van der Waals surface area contributed by atoms with Crippen LogP contribution in [0.25, 0.3) is 0 Å². The summed E-state index contributed by atoms with van der Waals surface area (Å²) < 4.78 is 32.9. The van der Waals surface area contributed by atoms with Gasteiger partial charge < -0.3 is 10.1 Å². The third kappa shape index (κ3) is 4.83. The van der Waals surface area contributed by atoms with Crippen LogP contribution >= 0.6 is 0 Å². The van der Waals surface area contributed by atoms with E-state index < -0.39 is 21.5 Å². The number of benzene rings is 2. The summed E-state index contributed by atoms with van der Waals surface area (Å²) in [6.45, 7) is 7.03. The predicted molar refractivity (Wildman–Crippen MR) is 102 cm³/mol. The SMILES string of the molecule is COc1ccccc1NC(=O)c1cc(S(=O)(=O)NC(C)(C)C)ccc1C. The first-order valence-corrected chi connectivity index (χ1v) is 9.61. The number of ether oxygens (including phenoxy) is 1. The van der Waals surface area contributed by atoms with Gasteiger partial charge in [-0.15, -0.1) is 0 Å². The van der Waals surface area contributed by atoms with Crippen molar-refractivity contribution >= 4 is 21.6 Å². The standard InChI is InChI=1S/C19H24N2O4S/c1-13-10-11-14(26(23,24)21-19(2,3)4)12-15(13)18(22)20-16-8-6-7-9-17(16)25-5/h6-12,21H,1-5H3,(H,20,22). The topological polar surface area (TPSA) is 84.5 Å². The van der Waals surface area contributed by atoms with E-state index in [0.717, 1.165) is 0 Å². The Bertz CT molecular complexity index is 915. The zero-order chi connectivity index (χ0) is 19.5. The van der Waals surface area contributed by atoms with Gasteiger partial charge in [-0.25, -0.2) is 13.1 Å². The van der Waals surface area contributed by atoms with Crippen molar-refractivity contribution in [2.24, 2.45) is 0 Å². The van der Waals surface area contributed by atoms with Crippen molar-refractivity contribution in [3.8, 4) is 5.75 Å². The molecule has 7 heteroatoms. The van der Waals surface area contributed by atoms with E-state index in [4.69, 9.17) is 4.74 Å². The van der Waals surface area contributed by atoms with Gasteiger partial charge in [0.1, 0.15) is 5.75 Å². The van der Waals surface area contributed by atoms with E-state index in [2.05, 4.69) is 10.0 Å². The van der Waals surface area contributed by atoms with Crippen LogP contribution in [-0.2, 0) is 10.0 Å². The molecule has 26 heavy (non-hydrogen) atoms. The van der Waals surface area contributed by atoms with Gasteiger partial charge in [-0.2, -0.15) is 0 Å². The first-order chi connectivity index (χ1) is 12.0. The summed E-state index contributed by atoms with van der Waals surface area (Å²) in [6, 6.07) is 11.5. The van der Waals surface area contributed by atoms with Gasteiger partial charge in [-0.3, -0.25) is 4.79 Å². The maximum absolute atomic E-state index is 12.7. The zero-order valence-corrected chi connectivity index (χ0v) is 16.4. The molecule has 0 aromatic heterocycles. The van der Waals surface area contributed by atoms with Crippen LogP contribution in [0.15, 0.2) is 47.4 Å². The number of anilines is 1. The second-order valence-electron chi connectivity index (χ2n) is 6.99. The minimum Gasteiger partial charge on any atom is -0.495 e. The summed E-state index contributed by atoms with van der Waals surface area (Å²) in [5.74, 6) is 0.122. The molecule has 2 rings (SSSR count). The molecule has 140 valence electrons. The van der Waals surface area contributed by atoms with Crippen molar-refractivity contribution < 1.29 is 17.9 Å². The first-order valence-electron chi connectivity index (χ1n) is 8.12. The lowest BCUT2D eigenvalue weighted by Gasteiger charge is -2.20. The van der Waals surface area contributed by atoms with E-state index >= 15 is 0 Å². The molecule has 0 aliphatic carbocycles. The minimum atomic E-state index is -3.73. The molecule has 2 aromatic carbocycles. The Morgan fingerprint density at radius 1 is 1.08 bits per heavy atom. The normalized spacial score (nSPS) is 11.9. The number of para-hydroxylation sites is 2. The fraction of sp³-hybridized carbons (Fsp3) is 0.316. The number of rotatable bonds is 5. The fourth-order valence-electron chi connectivity index (χ4n) is 2.41. The van der Waals surface area contributed by atoms with E-state index in [-0.39, 0.29) is 10.5 Å². The fourth-order valence-corrected chi connectivity index (χ4v) is 3.86. The molecule has 0 saturated carbocycles. The van der Waals surface area contributed by atoms with Crippen LogP contribution in [0.2, 0.25) is 0 Å². The molecule has 0 heterocycles. The molecule has 0 aliphatic rings. The van der Waals surface area contributed by atoms with E-state index in [1.165, 1.54) is 19.2 Å². The molecular formula is C19H24N2O4S. The van der Waals surface area contributed by atoms with Gasteiger partial charge in [0.15, 0.2) is 0 Å². The average molecular weight is 376 g/mol. The van der Waals surface area contributed by atoms with Gasteiger partial charge in [0.25, 0.3) is 5.91 Å². The highest BCUT2D eigenvalue weighted by molar-refractivity contribution is 7.89. The van der Waals surface area contributed by atoms with Crippen LogP contribution in [0, 0.1) is 6.92 Å². The van der Waals surface area contributed by atoms with Crippen LogP contribution in [0.1, 0.15) is 36.7 Å². The molecule has 6 nitrogen and oxygen atoms in total. The molecule has 0 saturated heterocycles. The number of aryl methyl sites for hydroxylation is 1. The van der Waals surface area contributed by atoms with Crippen LogP contribution in [0.3, 0.4) is 0 Å². The molecule has 0 radical (unpaired) electrons. The molecule has 2 N–H and O–H groups in total. The van der Waals surface area contributed by atoms with Crippen molar-refractivity contribution in [2.45, 2.75) is 38.1 Å². The highest BCUT2D eigenvalue weighted by Crippen LogP contribution is 2.25. The second kappa shape index (κ2) is 7.47. The van der Waals surface area contributed by atoms with Crippen molar-refractivity contribution in [3.05, 3.63) is 53.6 Å². The smallest absolute Gasteiger partial charge is 0.256 e. The molecule has 2 aromatic rings. The summed E-state index contributed by atoms with van der Waals surface area (Å²) in [6.07, 6.45) is 0. The molecule has 0 fully saturated rings. The Morgan fingerprint density at radius 2 is 1.73 bits per heavy atom. The number of hydrogen-bond donors (Lipinski definition) is 2. The number of methoxy groups -OCH3 is 1. The van der Waals surface area contributed by atoms with Crippen molar-refractivity contribution in [1.82, 2.24) is 4.72 Å². The molecular weight excluding hydrogens is 352 g/mol. The van der Waals surface area contributed by atoms with E-state index in [1.807, 2.05) is 0 Å². The second-order valence-corrected chi connectivity index (χ2v) is 8.67. The van der Waals surface area contributed by atoms with Crippen molar-refractivity contribution in [3.63, 3.8) is 0 Å². The van der Waals surface area contributed by atoms with Gasteiger partial charge in [0, 0.05) is 11.1 Å². The summed E-state index contributed by atoms with van der Waals surface area (Å²) >= 11 is 0. The van der Waals surface area contributed by atoms with Crippen LogP contribution in [-0.4, -0.2) is 27.0 Å². The van der Waals surface area contributed by atoms with E-state index in [0.29, 0.717) is 17.0 Å². The largest absolute Gasteiger partial charge is 0.495 e. The molecule has 0 unspecified atom stereocenters. The molecule has 1 amide bonds. The molecule has 0 spiro atoms. The van der Waals surface area contributed by atoms with Gasteiger partial charge in [0.2, 0.25) is 10.0 Å². The number of hydrogen-bond acceptors (Lipinski definition) is 4. The molecule has 0 bridgehead atoms. The maximum Gasteiger partial charge on any atom is 0.256 e. The molecule has 0 atom stereocenters. The summed E-state index contributed by atoms with van der Waals surface area (Å²) in [7, 11) is -2.22. The van der Waals surface area contributed by atoms with Crippen LogP contribution < -0.4 is 14.8 Å². The Labute approximate surface area is 154 Å². The number of nitrogens with one attached hydrogen (secondary N) is 2. The summed E-state index contributed by atoms with van der Waals surface area (Å²) in [4.78, 5) is 12.7. The monoisotopic (exact) mass is 376 g/mol. The minimum absolute atomic E-state index is 0.0446. The zero-order valence-electron chi connectivity index (χ0n) is 15.6. The van der Waals surface area contributed by atoms with E-state index in [1.54, 1.807) is 58.0 Å². The van der Waals surface area contributed by atoms with Gasteiger partial charge in [-0.05, 0) is 57.5 Å². The maximum atomic E-state index is 12.7. The quantitative estimate of drug-likeness (QED) is 0.838. The van der Waals surface area contributed by atoms with Gasteiger partial charge in [-0.1, -0.05) is 18.2 Å². The van der Waals surface area contributed by atoms with Crippen molar-refractivity contribution in [2.75, 3.05) is 12.4 Å². The van der Waals surface area contributed by atoms with E-state index in [9.17, 15) is 13.2 Å². The first kappa shape index (κ1) is 19.9.